The third-order valence-corrected chi connectivity index (χ3v) is 7.28. The Morgan fingerprint density at radius 3 is 2.69 bits per heavy atom. The molecule has 4 heterocycles. The third-order valence-electron chi connectivity index (χ3n) is 6.13. The number of aromatic nitrogens is 4. The van der Waals surface area contributed by atoms with Crippen molar-refractivity contribution in [1.82, 2.24) is 19.7 Å². The van der Waals surface area contributed by atoms with E-state index in [2.05, 4.69) is 20.4 Å². The molecule has 2 amide bonds. The Kier molecular flexibility index (Phi) is 6.46. The molecule has 1 aliphatic rings. The summed E-state index contributed by atoms with van der Waals surface area (Å²) in [5.41, 5.74) is 2.28. The first kappa shape index (κ1) is 24.0. The number of carbonyl (C=O) groups is 2. The van der Waals surface area contributed by atoms with Gasteiger partial charge in [0.05, 0.1) is 10.8 Å². The summed E-state index contributed by atoms with van der Waals surface area (Å²) in [6, 6.07) is 12.5. The van der Waals surface area contributed by atoms with E-state index in [0.29, 0.717) is 39.9 Å². The van der Waals surface area contributed by atoms with Gasteiger partial charge in [0, 0.05) is 41.0 Å². The maximum atomic E-state index is 13.3. The summed E-state index contributed by atoms with van der Waals surface area (Å²) in [5.74, 6) is -0.450. The van der Waals surface area contributed by atoms with Crippen LogP contribution in [0.5, 0.6) is 0 Å². The van der Waals surface area contributed by atoms with E-state index in [4.69, 9.17) is 11.6 Å². The van der Waals surface area contributed by atoms with Gasteiger partial charge in [-0.05, 0) is 49.1 Å². The SMILES string of the molecule is CCc1c(C)nc(-n2nc(-c3cccs3)cc2NC(=O)C2CC(=O)N(c3ccc(Cl)cc3)C2)[nH]c1=O. The molecule has 1 saturated heterocycles. The zero-order valence-corrected chi connectivity index (χ0v) is 21.2. The maximum absolute atomic E-state index is 13.3. The second-order valence-electron chi connectivity index (χ2n) is 8.48. The van der Waals surface area contributed by atoms with Gasteiger partial charge in [-0.25, -0.2) is 4.98 Å². The molecule has 36 heavy (non-hydrogen) atoms. The Balaban J connectivity index is 1.45. The number of H-pyrrole nitrogens is 1. The molecule has 0 bridgehead atoms. The predicted octanol–water partition coefficient (Wildman–Crippen LogP) is 4.20. The van der Waals surface area contributed by atoms with Crippen LogP contribution in [0.1, 0.15) is 24.6 Å². The first-order chi connectivity index (χ1) is 17.3. The van der Waals surface area contributed by atoms with Crippen molar-refractivity contribution in [3.05, 3.63) is 74.5 Å². The Morgan fingerprint density at radius 2 is 2.03 bits per heavy atom. The molecule has 184 valence electrons. The average Bonchev–Trinajstić information content (AvgIpc) is 3.59. The number of hydrogen-bond acceptors (Lipinski definition) is 6. The van der Waals surface area contributed by atoms with Crippen LogP contribution < -0.4 is 15.8 Å². The lowest BCUT2D eigenvalue weighted by molar-refractivity contribution is -0.122. The van der Waals surface area contributed by atoms with Gasteiger partial charge in [0.1, 0.15) is 11.5 Å². The van der Waals surface area contributed by atoms with Crippen molar-refractivity contribution in [2.24, 2.45) is 5.92 Å². The lowest BCUT2D eigenvalue weighted by atomic mass is 10.1. The van der Waals surface area contributed by atoms with Crippen LogP contribution in [0.25, 0.3) is 16.5 Å². The van der Waals surface area contributed by atoms with Crippen LogP contribution in [0.15, 0.2) is 52.6 Å². The molecule has 9 nitrogen and oxygen atoms in total. The van der Waals surface area contributed by atoms with Crippen molar-refractivity contribution in [1.29, 1.82) is 0 Å². The van der Waals surface area contributed by atoms with Gasteiger partial charge in [-0.2, -0.15) is 9.78 Å². The van der Waals surface area contributed by atoms with Crippen molar-refractivity contribution in [2.75, 3.05) is 16.8 Å². The van der Waals surface area contributed by atoms with Crippen LogP contribution in [0.4, 0.5) is 11.5 Å². The van der Waals surface area contributed by atoms with Crippen LogP contribution in [-0.2, 0) is 16.0 Å². The fraction of sp³-hybridized carbons (Fsp3) is 0.240. The number of anilines is 2. The molecule has 1 atom stereocenters. The molecule has 11 heteroatoms. The lowest BCUT2D eigenvalue weighted by Gasteiger charge is -2.17. The molecule has 1 fully saturated rings. The zero-order chi connectivity index (χ0) is 25.4. The van der Waals surface area contributed by atoms with E-state index >= 15 is 0 Å². The highest BCUT2D eigenvalue weighted by Gasteiger charge is 2.35. The molecule has 1 aliphatic heterocycles. The fourth-order valence-corrected chi connectivity index (χ4v) is 5.08. The predicted molar refractivity (Wildman–Crippen MR) is 140 cm³/mol. The van der Waals surface area contributed by atoms with Crippen molar-refractivity contribution in [3.8, 4) is 16.5 Å². The number of rotatable bonds is 6. The van der Waals surface area contributed by atoms with Gasteiger partial charge in [-0.3, -0.25) is 19.4 Å². The molecule has 2 N–H and O–H groups in total. The van der Waals surface area contributed by atoms with Gasteiger partial charge in [0.15, 0.2) is 0 Å². The molecule has 0 saturated carbocycles. The molecule has 4 aromatic rings. The normalized spacial score (nSPS) is 15.5. The Bertz CT molecular complexity index is 1490. The average molecular weight is 523 g/mol. The van der Waals surface area contributed by atoms with E-state index in [1.165, 1.54) is 16.0 Å². The smallest absolute Gasteiger partial charge is 0.255 e. The molecule has 1 aromatic carbocycles. The number of nitrogens with one attached hydrogen (secondary N) is 2. The largest absolute Gasteiger partial charge is 0.312 e. The van der Waals surface area contributed by atoms with Gasteiger partial charge in [-0.15, -0.1) is 11.3 Å². The number of benzene rings is 1. The van der Waals surface area contributed by atoms with Crippen LogP contribution in [-0.4, -0.2) is 38.1 Å². The van der Waals surface area contributed by atoms with Crippen LogP contribution in [0, 0.1) is 12.8 Å². The number of nitrogens with zero attached hydrogens (tertiary/aromatic N) is 4. The highest BCUT2D eigenvalue weighted by molar-refractivity contribution is 7.13. The number of carbonyl (C=O) groups excluding carboxylic acids is 2. The third kappa shape index (κ3) is 4.57. The Labute approximate surface area is 215 Å². The fourth-order valence-electron chi connectivity index (χ4n) is 4.27. The summed E-state index contributed by atoms with van der Waals surface area (Å²) in [7, 11) is 0. The molecule has 0 spiro atoms. The number of aryl methyl sites for hydroxylation is 1. The minimum Gasteiger partial charge on any atom is -0.312 e. The van der Waals surface area contributed by atoms with Gasteiger partial charge in [0.2, 0.25) is 17.8 Å². The highest BCUT2D eigenvalue weighted by atomic mass is 35.5. The van der Waals surface area contributed by atoms with Gasteiger partial charge in [-0.1, -0.05) is 24.6 Å². The lowest BCUT2D eigenvalue weighted by Crippen LogP contribution is -2.29. The first-order valence-corrected chi connectivity index (χ1v) is 12.7. The van der Waals surface area contributed by atoms with Crippen LogP contribution in [0.3, 0.4) is 0 Å². The molecule has 1 unspecified atom stereocenters. The van der Waals surface area contributed by atoms with E-state index in [9.17, 15) is 14.4 Å². The maximum Gasteiger partial charge on any atom is 0.255 e. The number of hydrogen-bond donors (Lipinski definition) is 2. The number of halogens is 1. The first-order valence-electron chi connectivity index (χ1n) is 11.4. The monoisotopic (exact) mass is 522 g/mol. The molecule has 0 aliphatic carbocycles. The topological polar surface area (TPSA) is 113 Å². The number of amides is 2. The quantitative estimate of drug-likeness (QED) is 0.394. The van der Waals surface area contributed by atoms with E-state index in [-0.39, 0.29) is 36.3 Å². The second-order valence-corrected chi connectivity index (χ2v) is 9.87. The van der Waals surface area contributed by atoms with Crippen molar-refractivity contribution in [2.45, 2.75) is 26.7 Å². The number of aromatic amines is 1. The number of thiophene rings is 1. The van der Waals surface area contributed by atoms with Gasteiger partial charge in [0.25, 0.3) is 5.56 Å². The molecule has 5 rings (SSSR count). The van der Waals surface area contributed by atoms with Crippen molar-refractivity contribution in [3.63, 3.8) is 0 Å². The summed E-state index contributed by atoms with van der Waals surface area (Å²) in [6.45, 7) is 3.91. The van der Waals surface area contributed by atoms with Crippen LogP contribution in [0.2, 0.25) is 5.02 Å². The van der Waals surface area contributed by atoms with Gasteiger partial charge < -0.3 is 10.2 Å². The highest BCUT2D eigenvalue weighted by Crippen LogP contribution is 2.30. The Morgan fingerprint density at radius 1 is 1.25 bits per heavy atom. The summed E-state index contributed by atoms with van der Waals surface area (Å²) in [5, 5.41) is 10.0. The molecular formula is C25H23ClN6O3S. The summed E-state index contributed by atoms with van der Waals surface area (Å²) >= 11 is 7.47. The summed E-state index contributed by atoms with van der Waals surface area (Å²) < 4.78 is 1.43. The summed E-state index contributed by atoms with van der Waals surface area (Å²) in [6.07, 6.45) is 0.636. The van der Waals surface area contributed by atoms with E-state index in [1.54, 1.807) is 42.2 Å². The van der Waals surface area contributed by atoms with E-state index < -0.39 is 5.92 Å². The van der Waals surface area contributed by atoms with Crippen molar-refractivity contribution >= 4 is 46.3 Å². The minimum atomic E-state index is -0.557. The van der Waals surface area contributed by atoms with E-state index in [0.717, 1.165) is 4.88 Å². The molecule has 0 radical (unpaired) electrons. The Hall–Kier alpha value is -3.76. The standard InChI is InChI=1S/C25H23ClN6O3S/c1-3-18-14(2)27-25(29-24(18)35)32-21(12-19(30-32)20-5-4-10-36-20)28-23(34)15-11-22(33)31(13-15)17-8-6-16(26)7-9-17/h4-10,12,15H,3,11,13H2,1-2H3,(H,28,34)(H,27,29,35). The summed E-state index contributed by atoms with van der Waals surface area (Å²) in [4.78, 5) is 48.3. The minimum absolute atomic E-state index is 0.0831. The van der Waals surface area contributed by atoms with Crippen LogP contribution >= 0.6 is 22.9 Å². The zero-order valence-electron chi connectivity index (χ0n) is 19.6. The molecule has 3 aromatic heterocycles. The van der Waals surface area contributed by atoms with Gasteiger partial charge >= 0.3 is 0 Å². The van der Waals surface area contributed by atoms with E-state index in [1.807, 2.05) is 24.4 Å². The van der Waals surface area contributed by atoms with Crippen molar-refractivity contribution < 1.29 is 9.59 Å². The second kappa shape index (κ2) is 9.71. The molecular weight excluding hydrogens is 500 g/mol.